The molecule has 2 aromatic carbocycles. The summed E-state index contributed by atoms with van der Waals surface area (Å²) in [7, 11) is 0. The normalized spacial score (nSPS) is 16.2. The molecule has 1 atom stereocenters. The number of carbonyl (C=O) groups is 2. The summed E-state index contributed by atoms with van der Waals surface area (Å²) >= 11 is 0. The van der Waals surface area contributed by atoms with Crippen LogP contribution in [0, 0.1) is 6.92 Å². The van der Waals surface area contributed by atoms with Gasteiger partial charge in [-0.1, -0.05) is 42.5 Å². The van der Waals surface area contributed by atoms with Crippen molar-refractivity contribution in [2.24, 2.45) is 0 Å². The van der Waals surface area contributed by atoms with Crippen LogP contribution in [-0.2, 0) is 14.3 Å². The van der Waals surface area contributed by atoms with Gasteiger partial charge in [-0.3, -0.25) is 0 Å². The number of para-hydroxylation sites is 1. The van der Waals surface area contributed by atoms with Crippen LogP contribution in [0.15, 0.2) is 60.8 Å². The molecule has 1 aliphatic heterocycles. The van der Waals surface area contributed by atoms with Gasteiger partial charge >= 0.3 is 11.9 Å². The number of esters is 2. The van der Waals surface area contributed by atoms with E-state index in [1.807, 2.05) is 61.5 Å². The van der Waals surface area contributed by atoms with E-state index in [-0.39, 0.29) is 6.61 Å². The van der Waals surface area contributed by atoms with Crippen molar-refractivity contribution >= 4 is 11.9 Å². The Labute approximate surface area is 156 Å². The molecule has 0 N–H and O–H groups in total. The lowest BCUT2D eigenvalue weighted by atomic mass is 10.0. The zero-order valence-corrected chi connectivity index (χ0v) is 14.8. The Hall–Kier alpha value is -3.41. The molecule has 27 heavy (non-hydrogen) atoms. The molecule has 1 saturated heterocycles. The predicted octanol–water partition coefficient (Wildman–Crippen LogP) is 3.32. The summed E-state index contributed by atoms with van der Waals surface area (Å²) in [4.78, 5) is 24.5. The molecule has 4 rings (SSSR count). The van der Waals surface area contributed by atoms with Gasteiger partial charge in [0.15, 0.2) is 0 Å². The lowest BCUT2D eigenvalue weighted by Crippen LogP contribution is -2.22. The van der Waals surface area contributed by atoms with Crippen molar-refractivity contribution in [3.05, 3.63) is 71.9 Å². The third kappa shape index (κ3) is 3.33. The summed E-state index contributed by atoms with van der Waals surface area (Å²) in [6.45, 7) is 2.23. The average Bonchev–Trinajstić information content (AvgIpc) is 3.30. The molecular formula is C21H18N2O4. The zero-order chi connectivity index (χ0) is 18.8. The van der Waals surface area contributed by atoms with Gasteiger partial charge in [-0.15, -0.1) is 0 Å². The Morgan fingerprint density at radius 3 is 2.59 bits per heavy atom. The van der Waals surface area contributed by atoms with Gasteiger partial charge in [0, 0.05) is 18.2 Å². The van der Waals surface area contributed by atoms with Crippen molar-refractivity contribution in [1.29, 1.82) is 0 Å². The van der Waals surface area contributed by atoms with Gasteiger partial charge in [0.2, 0.25) is 6.10 Å². The van der Waals surface area contributed by atoms with Crippen molar-refractivity contribution in [2.45, 2.75) is 19.4 Å². The summed E-state index contributed by atoms with van der Waals surface area (Å²) in [6.07, 6.45) is 1.15. The number of nitrogens with zero attached hydrogens (tertiary/aromatic N) is 2. The monoisotopic (exact) mass is 362 g/mol. The largest absolute Gasteiger partial charge is 0.463 e. The summed E-state index contributed by atoms with van der Waals surface area (Å²) in [5, 5.41) is 4.63. The molecule has 1 aliphatic rings. The Bertz CT molecular complexity index is 994. The van der Waals surface area contributed by atoms with Crippen LogP contribution in [0.1, 0.15) is 22.3 Å². The van der Waals surface area contributed by atoms with Gasteiger partial charge in [-0.05, 0) is 24.6 Å². The number of ether oxygens (including phenoxy) is 2. The molecule has 0 spiro atoms. The summed E-state index contributed by atoms with van der Waals surface area (Å²) in [5.74, 6) is -1.09. The van der Waals surface area contributed by atoms with Crippen LogP contribution in [0.4, 0.5) is 0 Å². The molecule has 3 aromatic rings. The highest BCUT2D eigenvalue weighted by molar-refractivity contribution is 5.97. The molecule has 1 aromatic heterocycles. The molecule has 0 unspecified atom stereocenters. The maximum Gasteiger partial charge on any atom is 0.347 e. The Morgan fingerprint density at radius 1 is 1.15 bits per heavy atom. The number of cyclic esters (lactones) is 1. The van der Waals surface area contributed by atoms with Crippen LogP contribution in [0.3, 0.4) is 0 Å². The van der Waals surface area contributed by atoms with Crippen LogP contribution in [-0.4, -0.2) is 34.4 Å². The van der Waals surface area contributed by atoms with E-state index in [0.717, 1.165) is 16.8 Å². The quantitative estimate of drug-likeness (QED) is 0.666. The van der Waals surface area contributed by atoms with Crippen LogP contribution >= 0.6 is 0 Å². The third-order valence-corrected chi connectivity index (χ3v) is 4.49. The minimum absolute atomic E-state index is 0.269. The number of hydrogen-bond acceptors (Lipinski definition) is 5. The maximum absolute atomic E-state index is 12.8. The first kappa shape index (κ1) is 17.0. The number of aromatic nitrogens is 2. The Morgan fingerprint density at radius 2 is 1.89 bits per heavy atom. The van der Waals surface area contributed by atoms with Crippen LogP contribution in [0.2, 0.25) is 0 Å². The highest BCUT2D eigenvalue weighted by Gasteiger charge is 2.32. The van der Waals surface area contributed by atoms with E-state index in [1.165, 1.54) is 0 Å². The fraction of sp³-hybridized carbons (Fsp3) is 0.190. The zero-order valence-electron chi connectivity index (χ0n) is 14.8. The Kier molecular flexibility index (Phi) is 4.46. The number of carbonyl (C=O) groups excluding carboxylic acids is 2. The van der Waals surface area contributed by atoms with Crippen LogP contribution in [0.5, 0.6) is 0 Å². The second-order valence-corrected chi connectivity index (χ2v) is 6.34. The number of aryl methyl sites for hydroxylation is 1. The summed E-state index contributed by atoms with van der Waals surface area (Å²) in [6, 6.07) is 17.2. The van der Waals surface area contributed by atoms with Gasteiger partial charge in [0.1, 0.15) is 11.3 Å². The number of benzene rings is 2. The molecule has 0 aliphatic carbocycles. The van der Waals surface area contributed by atoms with E-state index in [9.17, 15) is 9.59 Å². The number of rotatable bonds is 4. The van der Waals surface area contributed by atoms with E-state index in [1.54, 1.807) is 10.9 Å². The van der Waals surface area contributed by atoms with E-state index in [2.05, 4.69) is 5.10 Å². The minimum Gasteiger partial charge on any atom is -0.463 e. The molecular weight excluding hydrogens is 344 g/mol. The van der Waals surface area contributed by atoms with E-state index in [0.29, 0.717) is 17.7 Å². The first-order valence-electron chi connectivity index (χ1n) is 8.72. The van der Waals surface area contributed by atoms with Gasteiger partial charge < -0.3 is 9.47 Å². The smallest absolute Gasteiger partial charge is 0.347 e. The van der Waals surface area contributed by atoms with Crippen LogP contribution in [0.25, 0.3) is 16.9 Å². The van der Waals surface area contributed by atoms with Gasteiger partial charge in [0.25, 0.3) is 0 Å². The molecule has 1 fully saturated rings. The first-order valence-corrected chi connectivity index (χ1v) is 8.72. The molecule has 136 valence electrons. The molecule has 0 radical (unpaired) electrons. The van der Waals surface area contributed by atoms with E-state index < -0.39 is 18.0 Å². The fourth-order valence-corrected chi connectivity index (χ4v) is 3.05. The molecule has 0 saturated carbocycles. The van der Waals surface area contributed by atoms with Gasteiger partial charge in [-0.2, -0.15) is 5.10 Å². The topological polar surface area (TPSA) is 70.4 Å². The molecule has 6 nitrogen and oxygen atoms in total. The highest BCUT2D eigenvalue weighted by atomic mass is 16.6. The van der Waals surface area contributed by atoms with Crippen molar-refractivity contribution < 1.29 is 19.1 Å². The summed E-state index contributed by atoms with van der Waals surface area (Å²) in [5.41, 5.74) is 3.49. The van der Waals surface area contributed by atoms with Crippen molar-refractivity contribution in [2.75, 3.05) is 6.61 Å². The van der Waals surface area contributed by atoms with Crippen molar-refractivity contribution in [3.63, 3.8) is 0 Å². The standard InChI is InChI=1S/C21H18N2O4/c1-14-7-5-6-10-16(14)19-17(20(24)27-18-11-12-26-21(18)25)13-23(22-19)15-8-3-2-4-9-15/h2-10,13,18H,11-12H2,1H3/t18-/m0/s1. The molecule has 6 heteroatoms. The Balaban J connectivity index is 1.76. The van der Waals surface area contributed by atoms with E-state index >= 15 is 0 Å². The molecule has 0 bridgehead atoms. The van der Waals surface area contributed by atoms with Crippen molar-refractivity contribution in [3.8, 4) is 16.9 Å². The fourth-order valence-electron chi connectivity index (χ4n) is 3.05. The minimum atomic E-state index is -0.859. The lowest BCUT2D eigenvalue weighted by Gasteiger charge is -2.09. The SMILES string of the molecule is Cc1ccccc1-c1nn(-c2ccccc2)cc1C(=O)O[C@H]1CCOC1=O. The van der Waals surface area contributed by atoms with Gasteiger partial charge in [-0.25, -0.2) is 14.3 Å². The first-order chi connectivity index (χ1) is 13.1. The van der Waals surface area contributed by atoms with E-state index in [4.69, 9.17) is 9.47 Å². The second kappa shape index (κ2) is 7.07. The maximum atomic E-state index is 12.8. The second-order valence-electron chi connectivity index (χ2n) is 6.34. The summed E-state index contributed by atoms with van der Waals surface area (Å²) < 4.78 is 11.9. The third-order valence-electron chi connectivity index (χ3n) is 4.49. The lowest BCUT2D eigenvalue weighted by molar-refractivity contribution is -0.145. The predicted molar refractivity (Wildman–Crippen MR) is 98.5 cm³/mol. The molecule has 2 heterocycles. The molecule has 0 amide bonds. The number of hydrogen-bond donors (Lipinski definition) is 0. The average molecular weight is 362 g/mol. The van der Waals surface area contributed by atoms with Gasteiger partial charge in [0.05, 0.1) is 12.3 Å². The highest BCUT2D eigenvalue weighted by Crippen LogP contribution is 2.28. The van der Waals surface area contributed by atoms with Crippen LogP contribution < -0.4 is 0 Å². The van der Waals surface area contributed by atoms with Crippen molar-refractivity contribution in [1.82, 2.24) is 9.78 Å².